The summed E-state index contributed by atoms with van der Waals surface area (Å²) in [7, 11) is -3.74. The Labute approximate surface area is 187 Å². The van der Waals surface area contributed by atoms with Gasteiger partial charge in [-0.25, -0.2) is 12.8 Å². The Hall–Kier alpha value is -1.81. The Kier molecular flexibility index (Phi) is 7.05. The van der Waals surface area contributed by atoms with Crippen LogP contribution in [0.3, 0.4) is 0 Å². The molecule has 0 spiro atoms. The van der Waals surface area contributed by atoms with Crippen molar-refractivity contribution in [3.05, 3.63) is 52.5 Å². The number of hydrogen-bond acceptors (Lipinski definition) is 5. The van der Waals surface area contributed by atoms with Gasteiger partial charge in [-0.1, -0.05) is 6.07 Å². The highest BCUT2D eigenvalue weighted by molar-refractivity contribution is 7.89. The van der Waals surface area contributed by atoms with Gasteiger partial charge in [0.2, 0.25) is 15.9 Å². The molecule has 0 saturated carbocycles. The van der Waals surface area contributed by atoms with Gasteiger partial charge in [0.15, 0.2) is 0 Å². The molecule has 2 aromatic rings. The van der Waals surface area contributed by atoms with E-state index in [1.807, 2.05) is 6.07 Å². The predicted molar refractivity (Wildman–Crippen MR) is 119 cm³/mol. The van der Waals surface area contributed by atoms with Crippen LogP contribution in [0.4, 0.5) is 4.39 Å². The summed E-state index contributed by atoms with van der Waals surface area (Å²) >= 11 is 1.70. The van der Waals surface area contributed by atoms with E-state index in [0.29, 0.717) is 25.9 Å². The number of carbonyl (C=O) groups excluding carboxylic acids is 1. The van der Waals surface area contributed by atoms with Crippen molar-refractivity contribution >= 4 is 27.3 Å². The topological polar surface area (TPSA) is 69.7 Å². The molecule has 1 amide bonds. The van der Waals surface area contributed by atoms with Gasteiger partial charge in [0.1, 0.15) is 5.82 Å². The van der Waals surface area contributed by atoms with Crippen molar-refractivity contribution in [3.8, 4) is 0 Å². The number of hydrogen-bond donors (Lipinski definition) is 1. The summed E-state index contributed by atoms with van der Waals surface area (Å²) in [5.74, 6) is -0.959. The SMILES string of the molecule is O=C(NC[C@@H](c1cccs1)N1CCCC1)[C@@H]1CCCN(S(=O)(=O)c2ccc(F)cc2)C1. The number of piperidine rings is 1. The fourth-order valence-corrected chi connectivity index (χ4v) is 6.80. The van der Waals surface area contributed by atoms with Gasteiger partial charge in [-0.05, 0) is 74.5 Å². The minimum atomic E-state index is -3.74. The number of thiophene rings is 1. The van der Waals surface area contributed by atoms with Crippen molar-refractivity contribution in [2.24, 2.45) is 5.92 Å². The lowest BCUT2D eigenvalue weighted by atomic mass is 9.98. The Morgan fingerprint density at radius 3 is 2.55 bits per heavy atom. The minimum absolute atomic E-state index is 0.0572. The molecule has 2 atom stereocenters. The summed E-state index contributed by atoms with van der Waals surface area (Å²) in [6.07, 6.45) is 3.64. The van der Waals surface area contributed by atoms with Crippen LogP contribution >= 0.6 is 11.3 Å². The highest BCUT2D eigenvalue weighted by atomic mass is 32.2. The van der Waals surface area contributed by atoms with E-state index in [-0.39, 0.29) is 29.3 Å². The second-order valence-electron chi connectivity index (χ2n) is 8.18. The van der Waals surface area contributed by atoms with Crippen molar-refractivity contribution in [1.29, 1.82) is 0 Å². The van der Waals surface area contributed by atoms with Crippen LogP contribution in [0.2, 0.25) is 0 Å². The number of halogens is 1. The molecule has 1 aromatic carbocycles. The summed E-state index contributed by atoms with van der Waals surface area (Å²) in [4.78, 5) is 16.7. The lowest BCUT2D eigenvalue weighted by Crippen LogP contribution is -2.46. The standard InChI is InChI=1S/C22H28FN3O3S2/c23-18-7-9-19(10-8-18)31(28,29)26-13-3-5-17(16-26)22(27)24-15-20(21-6-4-14-30-21)25-11-1-2-12-25/h4,6-10,14,17,20H,1-3,5,11-13,15-16H2,(H,24,27)/t17-,20+/m1/s1. The van der Waals surface area contributed by atoms with E-state index in [9.17, 15) is 17.6 Å². The molecule has 31 heavy (non-hydrogen) atoms. The van der Waals surface area contributed by atoms with E-state index in [4.69, 9.17) is 0 Å². The van der Waals surface area contributed by atoms with Gasteiger partial charge in [-0.3, -0.25) is 9.69 Å². The number of benzene rings is 1. The molecule has 2 aliphatic rings. The molecule has 3 heterocycles. The van der Waals surface area contributed by atoms with E-state index in [1.54, 1.807) is 11.3 Å². The van der Waals surface area contributed by atoms with Gasteiger partial charge >= 0.3 is 0 Å². The largest absolute Gasteiger partial charge is 0.354 e. The van der Waals surface area contributed by atoms with Crippen molar-refractivity contribution in [3.63, 3.8) is 0 Å². The molecule has 9 heteroatoms. The third-order valence-corrected chi connectivity index (χ3v) is 8.98. The molecule has 4 rings (SSSR count). The number of rotatable bonds is 7. The first-order valence-electron chi connectivity index (χ1n) is 10.8. The average molecular weight is 466 g/mol. The molecule has 0 aliphatic carbocycles. The smallest absolute Gasteiger partial charge is 0.243 e. The Balaban J connectivity index is 1.39. The zero-order chi connectivity index (χ0) is 21.8. The monoisotopic (exact) mass is 465 g/mol. The van der Waals surface area contributed by atoms with Gasteiger partial charge < -0.3 is 5.32 Å². The maximum Gasteiger partial charge on any atom is 0.243 e. The van der Waals surface area contributed by atoms with Crippen LogP contribution in [-0.2, 0) is 14.8 Å². The number of carbonyl (C=O) groups is 1. The fourth-order valence-electron chi connectivity index (χ4n) is 4.42. The van der Waals surface area contributed by atoms with E-state index < -0.39 is 15.8 Å². The zero-order valence-electron chi connectivity index (χ0n) is 17.4. The molecule has 2 saturated heterocycles. The molecule has 1 aromatic heterocycles. The van der Waals surface area contributed by atoms with E-state index in [2.05, 4.69) is 21.7 Å². The van der Waals surface area contributed by atoms with Gasteiger partial charge in [-0.2, -0.15) is 4.31 Å². The highest BCUT2D eigenvalue weighted by Gasteiger charge is 2.34. The third-order valence-electron chi connectivity index (χ3n) is 6.13. The predicted octanol–water partition coefficient (Wildman–Crippen LogP) is 3.24. The van der Waals surface area contributed by atoms with Gasteiger partial charge in [0.25, 0.3) is 0 Å². The second kappa shape index (κ2) is 9.77. The van der Waals surface area contributed by atoms with Gasteiger partial charge in [0, 0.05) is 24.5 Å². The number of amides is 1. The first-order valence-corrected chi connectivity index (χ1v) is 13.1. The van der Waals surface area contributed by atoms with Crippen molar-refractivity contribution in [2.75, 3.05) is 32.7 Å². The first kappa shape index (κ1) is 22.4. The Bertz CT molecular complexity index is 974. The lowest BCUT2D eigenvalue weighted by Gasteiger charge is -2.32. The van der Waals surface area contributed by atoms with Crippen LogP contribution in [0.25, 0.3) is 0 Å². The molecule has 0 bridgehead atoms. The molecule has 1 N–H and O–H groups in total. The van der Waals surface area contributed by atoms with Crippen LogP contribution in [0.1, 0.15) is 36.6 Å². The number of likely N-dealkylation sites (tertiary alicyclic amines) is 1. The van der Waals surface area contributed by atoms with Crippen molar-refractivity contribution in [2.45, 2.75) is 36.6 Å². The number of nitrogens with zero attached hydrogens (tertiary/aromatic N) is 2. The van der Waals surface area contributed by atoms with Crippen LogP contribution < -0.4 is 5.32 Å². The van der Waals surface area contributed by atoms with Crippen LogP contribution in [0, 0.1) is 11.7 Å². The zero-order valence-corrected chi connectivity index (χ0v) is 19.0. The van der Waals surface area contributed by atoms with E-state index in [1.165, 1.54) is 34.2 Å². The summed E-state index contributed by atoms with van der Waals surface area (Å²) in [5.41, 5.74) is 0. The highest BCUT2D eigenvalue weighted by Crippen LogP contribution is 2.29. The lowest BCUT2D eigenvalue weighted by molar-refractivity contribution is -0.126. The Morgan fingerprint density at radius 1 is 1.13 bits per heavy atom. The summed E-state index contributed by atoms with van der Waals surface area (Å²) in [5, 5.41) is 5.15. The first-order chi connectivity index (χ1) is 14.9. The summed E-state index contributed by atoms with van der Waals surface area (Å²) < 4.78 is 40.4. The number of nitrogens with one attached hydrogen (secondary N) is 1. The Morgan fingerprint density at radius 2 is 1.87 bits per heavy atom. The summed E-state index contributed by atoms with van der Waals surface area (Å²) in [6, 6.07) is 9.14. The van der Waals surface area contributed by atoms with Crippen molar-refractivity contribution < 1.29 is 17.6 Å². The van der Waals surface area contributed by atoms with Gasteiger partial charge in [0.05, 0.1) is 16.9 Å². The molecule has 2 fully saturated rings. The fraction of sp³-hybridized carbons (Fsp3) is 0.500. The third kappa shape index (κ3) is 5.16. The van der Waals surface area contributed by atoms with Crippen molar-refractivity contribution in [1.82, 2.24) is 14.5 Å². The molecular weight excluding hydrogens is 437 g/mol. The van der Waals surface area contributed by atoms with Crippen LogP contribution in [0.15, 0.2) is 46.7 Å². The maximum absolute atomic E-state index is 13.2. The number of sulfonamides is 1. The van der Waals surface area contributed by atoms with E-state index in [0.717, 1.165) is 25.2 Å². The average Bonchev–Trinajstić information content (AvgIpc) is 3.49. The van der Waals surface area contributed by atoms with Gasteiger partial charge in [-0.15, -0.1) is 11.3 Å². The van der Waals surface area contributed by atoms with E-state index >= 15 is 0 Å². The van der Waals surface area contributed by atoms with Crippen LogP contribution in [0.5, 0.6) is 0 Å². The molecule has 168 valence electrons. The molecule has 2 aliphatic heterocycles. The molecule has 0 radical (unpaired) electrons. The molecule has 6 nitrogen and oxygen atoms in total. The summed E-state index contributed by atoms with van der Waals surface area (Å²) in [6.45, 7) is 3.12. The van der Waals surface area contributed by atoms with Crippen LogP contribution in [-0.4, -0.2) is 56.3 Å². The second-order valence-corrected chi connectivity index (χ2v) is 11.1. The minimum Gasteiger partial charge on any atom is -0.354 e. The quantitative estimate of drug-likeness (QED) is 0.682. The normalized spacial score (nSPS) is 21.8. The maximum atomic E-state index is 13.2. The molecular formula is C22H28FN3O3S2. The molecule has 0 unspecified atom stereocenters.